The second-order valence-corrected chi connectivity index (χ2v) is 3.33. The minimum atomic E-state index is -1.39. The Hall–Kier alpha value is -1.14. The first-order valence-electron chi connectivity index (χ1n) is 4.51. The Morgan fingerprint density at radius 2 is 1.53 bits per heavy atom. The van der Waals surface area contributed by atoms with Gasteiger partial charge in [0.2, 0.25) is 0 Å². The second kappa shape index (κ2) is 8.19. The monoisotopic (exact) mass is 222 g/mol. The van der Waals surface area contributed by atoms with Gasteiger partial charge in [-0.1, -0.05) is 6.92 Å². The highest BCUT2D eigenvalue weighted by Gasteiger charge is 2.31. The fraction of sp³-hybridized carbons (Fsp3) is 0.778. The van der Waals surface area contributed by atoms with Gasteiger partial charge in [-0.15, -0.1) is 0 Å². The van der Waals surface area contributed by atoms with Crippen molar-refractivity contribution in [1.29, 1.82) is 0 Å². The first kappa shape index (κ1) is 16.3. The molecule has 0 heterocycles. The third-order valence-corrected chi connectivity index (χ3v) is 1.68. The van der Waals surface area contributed by atoms with E-state index in [4.69, 9.17) is 20.4 Å². The van der Waals surface area contributed by atoms with Crippen LogP contribution in [0.3, 0.4) is 0 Å². The van der Waals surface area contributed by atoms with Crippen LogP contribution in [0.1, 0.15) is 26.7 Å². The van der Waals surface area contributed by atoms with E-state index in [0.29, 0.717) is 6.42 Å². The first-order chi connectivity index (χ1) is 6.83. The molecule has 0 aromatic carbocycles. The summed E-state index contributed by atoms with van der Waals surface area (Å²) < 4.78 is 0. The lowest BCUT2D eigenvalue weighted by Gasteiger charge is -2.17. The van der Waals surface area contributed by atoms with Crippen LogP contribution in [-0.4, -0.2) is 45.6 Å². The molecule has 0 saturated heterocycles. The third-order valence-electron chi connectivity index (χ3n) is 1.68. The zero-order valence-electron chi connectivity index (χ0n) is 8.93. The van der Waals surface area contributed by atoms with Crippen LogP contribution in [0.5, 0.6) is 0 Å². The van der Waals surface area contributed by atoms with Crippen molar-refractivity contribution in [3.05, 3.63) is 0 Å². The Kier molecular flexibility index (Phi) is 8.90. The summed E-state index contributed by atoms with van der Waals surface area (Å²) in [5, 5.41) is 33.1. The standard InChI is InChI=1S/C5H10O4.C4H8O2/c1-5(2-6,3-7)4(8)9;1-2-3-4(5)6/h6-7H,2-3H2,1H3,(H,8,9);2-3H2,1H3,(H,5,6). The molecule has 90 valence electrons. The minimum Gasteiger partial charge on any atom is -0.481 e. The Labute approximate surface area is 88.2 Å². The number of carboxylic acid groups (broad SMARTS) is 2. The summed E-state index contributed by atoms with van der Waals surface area (Å²) >= 11 is 0. The van der Waals surface area contributed by atoms with Crippen molar-refractivity contribution >= 4 is 11.9 Å². The van der Waals surface area contributed by atoms with E-state index >= 15 is 0 Å². The number of carbonyl (C=O) groups is 2. The quantitative estimate of drug-likeness (QED) is 0.517. The smallest absolute Gasteiger partial charge is 0.314 e. The lowest BCUT2D eigenvalue weighted by atomic mass is 9.94. The molecule has 0 atom stereocenters. The maximum Gasteiger partial charge on any atom is 0.314 e. The molecule has 0 amide bonds. The van der Waals surface area contributed by atoms with Gasteiger partial charge in [0.25, 0.3) is 0 Å². The molecule has 0 unspecified atom stereocenters. The summed E-state index contributed by atoms with van der Waals surface area (Å²) in [7, 11) is 0. The summed E-state index contributed by atoms with van der Waals surface area (Å²) in [6, 6.07) is 0. The number of hydrogen-bond acceptors (Lipinski definition) is 4. The fourth-order valence-electron chi connectivity index (χ4n) is 0.399. The molecule has 0 aliphatic carbocycles. The molecule has 0 saturated carbocycles. The highest BCUT2D eigenvalue weighted by atomic mass is 16.4. The van der Waals surface area contributed by atoms with Crippen LogP contribution in [0.4, 0.5) is 0 Å². The van der Waals surface area contributed by atoms with Gasteiger partial charge in [0, 0.05) is 6.42 Å². The van der Waals surface area contributed by atoms with Crippen molar-refractivity contribution in [1.82, 2.24) is 0 Å². The van der Waals surface area contributed by atoms with E-state index in [0.717, 1.165) is 6.42 Å². The van der Waals surface area contributed by atoms with Crippen LogP contribution in [-0.2, 0) is 9.59 Å². The molecule has 0 radical (unpaired) electrons. The molecular weight excluding hydrogens is 204 g/mol. The summed E-state index contributed by atoms with van der Waals surface area (Å²) in [5.74, 6) is -1.90. The van der Waals surface area contributed by atoms with E-state index < -0.39 is 30.6 Å². The molecule has 0 rings (SSSR count). The largest absolute Gasteiger partial charge is 0.481 e. The molecule has 6 nitrogen and oxygen atoms in total. The zero-order valence-corrected chi connectivity index (χ0v) is 8.93. The van der Waals surface area contributed by atoms with E-state index in [2.05, 4.69) is 0 Å². The summed E-state index contributed by atoms with van der Waals surface area (Å²) in [6.07, 6.45) is 1.02. The molecule has 0 aromatic rings. The molecule has 4 N–H and O–H groups in total. The van der Waals surface area contributed by atoms with Crippen LogP contribution >= 0.6 is 0 Å². The molecule has 15 heavy (non-hydrogen) atoms. The summed E-state index contributed by atoms with van der Waals surface area (Å²) in [4.78, 5) is 19.8. The predicted molar refractivity (Wildman–Crippen MR) is 52.5 cm³/mol. The molecule has 0 aliphatic rings. The molecule has 0 spiro atoms. The van der Waals surface area contributed by atoms with Crippen molar-refractivity contribution in [3.8, 4) is 0 Å². The van der Waals surface area contributed by atoms with Crippen molar-refractivity contribution < 1.29 is 30.0 Å². The Bertz CT molecular complexity index is 197. The van der Waals surface area contributed by atoms with Crippen LogP contribution in [0.15, 0.2) is 0 Å². The fourth-order valence-corrected chi connectivity index (χ4v) is 0.399. The Balaban J connectivity index is 0. The van der Waals surface area contributed by atoms with Gasteiger partial charge in [0.1, 0.15) is 5.41 Å². The number of aliphatic hydroxyl groups excluding tert-OH is 2. The van der Waals surface area contributed by atoms with Gasteiger partial charge in [0.05, 0.1) is 13.2 Å². The normalized spacial score (nSPS) is 10.1. The van der Waals surface area contributed by atoms with Crippen molar-refractivity contribution in [2.75, 3.05) is 13.2 Å². The van der Waals surface area contributed by atoms with Crippen molar-refractivity contribution in [3.63, 3.8) is 0 Å². The van der Waals surface area contributed by atoms with E-state index in [-0.39, 0.29) is 0 Å². The highest BCUT2D eigenvalue weighted by molar-refractivity contribution is 5.74. The number of aliphatic hydroxyl groups is 2. The van der Waals surface area contributed by atoms with E-state index in [9.17, 15) is 9.59 Å². The number of hydrogen-bond donors (Lipinski definition) is 4. The van der Waals surface area contributed by atoms with Gasteiger partial charge in [-0.25, -0.2) is 0 Å². The van der Waals surface area contributed by atoms with Crippen LogP contribution in [0.25, 0.3) is 0 Å². The number of aliphatic carboxylic acids is 2. The van der Waals surface area contributed by atoms with Crippen molar-refractivity contribution in [2.45, 2.75) is 26.7 Å². The average molecular weight is 222 g/mol. The SMILES string of the molecule is CC(CO)(CO)C(=O)O.CCCC(=O)O. The molecule has 6 heteroatoms. The van der Waals surface area contributed by atoms with Gasteiger partial charge >= 0.3 is 11.9 Å². The molecule has 0 aliphatic heterocycles. The van der Waals surface area contributed by atoms with E-state index in [1.54, 1.807) is 0 Å². The highest BCUT2D eigenvalue weighted by Crippen LogP contribution is 2.12. The van der Waals surface area contributed by atoms with Gasteiger partial charge in [-0.2, -0.15) is 0 Å². The topological polar surface area (TPSA) is 115 Å². The predicted octanol–water partition coefficient (Wildman–Crippen LogP) is -0.0670. The maximum atomic E-state index is 10.2. The Morgan fingerprint density at radius 1 is 1.13 bits per heavy atom. The van der Waals surface area contributed by atoms with Gasteiger partial charge in [-0.05, 0) is 13.3 Å². The van der Waals surface area contributed by atoms with E-state index in [1.807, 2.05) is 6.92 Å². The van der Waals surface area contributed by atoms with Crippen LogP contribution in [0.2, 0.25) is 0 Å². The minimum absolute atomic E-state index is 0.292. The van der Waals surface area contributed by atoms with Gasteiger partial charge in [0.15, 0.2) is 0 Å². The maximum absolute atomic E-state index is 10.2. The average Bonchev–Trinajstić information content (AvgIpc) is 2.17. The van der Waals surface area contributed by atoms with E-state index in [1.165, 1.54) is 6.92 Å². The second-order valence-electron chi connectivity index (χ2n) is 3.33. The zero-order chi connectivity index (χ0) is 12.5. The summed E-state index contributed by atoms with van der Waals surface area (Å²) in [5.41, 5.74) is -1.39. The van der Waals surface area contributed by atoms with Crippen LogP contribution < -0.4 is 0 Å². The summed E-state index contributed by atoms with van der Waals surface area (Å²) in [6.45, 7) is 2.03. The first-order valence-corrected chi connectivity index (χ1v) is 4.51. The van der Waals surface area contributed by atoms with Gasteiger partial charge < -0.3 is 20.4 Å². The molecule has 0 aromatic heterocycles. The van der Waals surface area contributed by atoms with Gasteiger partial charge in [-0.3, -0.25) is 9.59 Å². The van der Waals surface area contributed by atoms with Crippen LogP contribution in [0, 0.1) is 5.41 Å². The molecule has 0 bridgehead atoms. The Morgan fingerprint density at radius 3 is 1.53 bits per heavy atom. The number of rotatable bonds is 5. The third kappa shape index (κ3) is 7.90. The molecule has 0 fully saturated rings. The lowest BCUT2D eigenvalue weighted by Crippen LogP contribution is -2.35. The lowest BCUT2D eigenvalue weighted by molar-refractivity contribution is -0.153. The molecular formula is C9H18O6. The van der Waals surface area contributed by atoms with Crippen molar-refractivity contribution in [2.24, 2.45) is 5.41 Å². The number of carboxylic acids is 2.